The highest BCUT2D eigenvalue weighted by Gasteiger charge is 2.41. The lowest BCUT2D eigenvalue weighted by molar-refractivity contribution is -0.144. The summed E-state index contributed by atoms with van der Waals surface area (Å²) in [5.74, 6) is 0. The van der Waals surface area contributed by atoms with Crippen molar-refractivity contribution >= 4 is 18.5 Å². The first-order valence-electron chi connectivity index (χ1n) is 8.98. The Bertz CT molecular complexity index is 884. The molecule has 1 saturated carbocycles. The fourth-order valence-electron chi connectivity index (χ4n) is 3.10. The van der Waals surface area contributed by atoms with Crippen molar-refractivity contribution in [2.24, 2.45) is 0 Å². The molecule has 0 saturated heterocycles. The molecule has 0 aliphatic heterocycles. The second-order valence-electron chi connectivity index (χ2n) is 7.01. The van der Waals surface area contributed by atoms with Crippen molar-refractivity contribution in [3.8, 4) is 0 Å². The van der Waals surface area contributed by atoms with Crippen LogP contribution >= 0.6 is 7.92 Å². The van der Waals surface area contributed by atoms with Gasteiger partial charge in [-0.15, -0.1) is 0 Å². The largest absolute Gasteiger partial charge is 0.416 e. The minimum absolute atomic E-state index is 0.0325. The summed E-state index contributed by atoms with van der Waals surface area (Å²) < 4.78 is 160. The summed E-state index contributed by atoms with van der Waals surface area (Å²) in [5.41, 5.74) is -6.98. The average molecular weight is 521 g/mol. The standard InChI is InChI=1S/C21H10F12P/c22-18(23,24)11-5-12(19(25,26)27)8-16(7-11)34(15-3-1-2-4-15)17-9-13(20(28,29)30)6-14(10-17)21(31,32)33/h1-10H. The lowest BCUT2D eigenvalue weighted by Gasteiger charge is -2.27. The van der Waals surface area contributed by atoms with Crippen LogP contribution < -0.4 is 10.6 Å². The fourth-order valence-corrected chi connectivity index (χ4v) is 5.53. The first-order valence-corrected chi connectivity index (χ1v) is 10.3. The number of rotatable bonds is 3. The molecule has 0 nitrogen and oxygen atoms in total. The smallest absolute Gasteiger partial charge is 0.166 e. The van der Waals surface area contributed by atoms with Crippen molar-refractivity contribution in [1.82, 2.24) is 0 Å². The molecular weight excluding hydrogens is 511 g/mol. The zero-order valence-electron chi connectivity index (χ0n) is 16.3. The molecule has 3 rings (SSSR count). The van der Waals surface area contributed by atoms with Crippen LogP contribution in [0.4, 0.5) is 52.7 Å². The Morgan fingerprint density at radius 2 is 0.676 bits per heavy atom. The molecule has 1 aliphatic rings. The topological polar surface area (TPSA) is 0 Å². The average Bonchev–Trinajstić information content (AvgIpc) is 3.19. The summed E-state index contributed by atoms with van der Waals surface area (Å²) >= 11 is 0. The second-order valence-corrected chi connectivity index (χ2v) is 9.23. The summed E-state index contributed by atoms with van der Waals surface area (Å²) in [6, 6.07) is 0.885. The summed E-state index contributed by atoms with van der Waals surface area (Å²) in [5, 5.41) is -1.42. The van der Waals surface area contributed by atoms with Gasteiger partial charge >= 0.3 is 24.7 Å². The third-order valence-corrected chi connectivity index (χ3v) is 6.93. The van der Waals surface area contributed by atoms with Crippen molar-refractivity contribution in [3.63, 3.8) is 0 Å². The predicted octanol–water partition coefficient (Wildman–Crippen LogP) is 7.56. The molecule has 0 bridgehead atoms. The molecule has 0 atom stereocenters. The van der Waals surface area contributed by atoms with Gasteiger partial charge in [0.15, 0.2) is 0 Å². The summed E-state index contributed by atoms with van der Waals surface area (Å²) in [6.07, 6.45) is -16.0. The van der Waals surface area contributed by atoms with E-state index in [1.54, 1.807) is 0 Å². The molecular formula is C21H10F12P. The maximum absolute atomic E-state index is 13.3. The highest BCUT2D eigenvalue weighted by Crippen LogP contribution is 2.53. The molecule has 0 aromatic heterocycles. The van der Waals surface area contributed by atoms with Crippen LogP contribution in [0.3, 0.4) is 0 Å². The zero-order valence-corrected chi connectivity index (χ0v) is 17.2. The van der Waals surface area contributed by atoms with Gasteiger partial charge in [0.25, 0.3) is 0 Å². The van der Waals surface area contributed by atoms with E-state index >= 15 is 0 Å². The van der Waals surface area contributed by atoms with Gasteiger partial charge < -0.3 is 0 Å². The minimum atomic E-state index is -5.26. The Hall–Kier alpha value is -1.97. The van der Waals surface area contributed by atoms with Gasteiger partial charge in [0.2, 0.25) is 0 Å². The van der Waals surface area contributed by atoms with Gasteiger partial charge in [-0.05, 0) is 80.6 Å². The Kier molecular flexibility index (Phi) is 6.98. The van der Waals surface area contributed by atoms with E-state index in [0.29, 0.717) is 24.3 Å². The quantitative estimate of drug-likeness (QED) is 0.289. The third-order valence-electron chi connectivity index (χ3n) is 4.56. The van der Waals surface area contributed by atoms with E-state index in [1.807, 2.05) is 0 Å². The molecule has 0 amide bonds. The highest BCUT2D eigenvalue weighted by atomic mass is 31.1. The number of hydrogen-bond donors (Lipinski definition) is 0. The van der Waals surface area contributed by atoms with Gasteiger partial charge in [-0.2, -0.15) is 52.7 Å². The predicted molar refractivity (Wildman–Crippen MR) is 99.5 cm³/mol. The van der Waals surface area contributed by atoms with Crippen LogP contribution in [0.5, 0.6) is 0 Å². The fraction of sp³-hybridized carbons (Fsp3) is 0.190. The van der Waals surface area contributed by atoms with Crippen LogP contribution in [0.25, 0.3) is 0 Å². The normalized spacial score (nSPS) is 16.5. The van der Waals surface area contributed by atoms with Crippen molar-refractivity contribution in [2.45, 2.75) is 24.7 Å². The molecule has 0 N–H and O–H groups in total. The van der Waals surface area contributed by atoms with Gasteiger partial charge in [0.05, 0.1) is 22.3 Å². The molecule has 1 fully saturated rings. The van der Waals surface area contributed by atoms with E-state index < -0.39 is 65.5 Å². The van der Waals surface area contributed by atoms with Crippen molar-refractivity contribution < 1.29 is 52.7 Å². The van der Waals surface area contributed by atoms with Crippen molar-refractivity contribution in [2.75, 3.05) is 0 Å². The lowest BCUT2D eigenvalue weighted by atomic mass is 10.1. The molecule has 2 aromatic rings. The second kappa shape index (κ2) is 8.91. The van der Waals surface area contributed by atoms with Crippen LogP contribution in [0.15, 0.2) is 36.4 Å². The van der Waals surface area contributed by atoms with Crippen molar-refractivity contribution in [1.29, 1.82) is 0 Å². The number of benzene rings is 2. The number of halogens is 12. The summed E-state index contributed by atoms with van der Waals surface area (Å²) in [6.45, 7) is 0. The molecule has 0 unspecified atom stereocenters. The third kappa shape index (κ3) is 5.98. The van der Waals surface area contributed by atoms with E-state index in [9.17, 15) is 52.7 Å². The lowest BCUT2D eigenvalue weighted by Crippen LogP contribution is -2.24. The number of hydrogen-bond acceptors (Lipinski definition) is 0. The highest BCUT2D eigenvalue weighted by molar-refractivity contribution is 7.76. The van der Waals surface area contributed by atoms with Crippen LogP contribution in [0, 0.1) is 31.3 Å². The molecule has 0 spiro atoms. The van der Waals surface area contributed by atoms with E-state index in [4.69, 9.17) is 0 Å². The number of alkyl halides is 12. The maximum atomic E-state index is 13.3. The van der Waals surface area contributed by atoms with E-state index in [-0.39, 0.29) is 17.8 Å². The van der Waals surface area contributed by atoms with Gasteiger partial charge in [0, 0.05) is 5.66 Å². The van der Waals surface area contributed by atoms with E-state index in [0.717, 1.165) is 0 Å². The Morgan fingerprint density at radius 1 is 0.412 bits per heavy atom. The minimum Gasteiger partial charge on any atom is -0.166 e. The van der Waals surface area contributed by atoms with Gasteiger partial charge in [-0.3, -0.25) is 0 Å². The molecule has 13 heteroatoms. The maximum Gasteiger partial charge on any atom is 0.416 e. The Labute approximate surface area is 186 Å². The SMILES string of the molecule is FC(F)(F)c1cc(P([C]2[CH][CH][CH][CH]2)c2cc(C(F)(F)F)cc(C(F)(F)F)c2)cc(C(F)(F)F)c1. The Morgan fingerprint density at radius 3 is 0.912 bits per heavy atom. The summed E-state index contributed by atoms with van der Waals surface area (Å²) in [7, 11) is -2.66. The molecule has 0 heterocycles. The molecule has 1 aliphatic carbocycles. The monoisotopic (exact) mass is 521 g/mol. The van der Waals surface area contributed by atoms with Gasteiger partial charge in [-0.25, -0.2) is 0 Å². The van der Waals surface area contributed by atoms with Gasteiger partial charge in [-0.1, -0.05) is 0 Å². The zero-order chi connectivity index (χ0) is 25.7. The molecule has 183 valence electrons. The Balaban J connectivity index is 2.32. The van der Waals surface area contributed by atoms with E-state index in [2.05, 4.69) is 0 Å². The molecule has 2 aromatic carbocycles. The molecule has 5 radical (unpaired) electrons. The van der Waals surface area contributed by atoms with Crippen molar-refractivity contribution in [3.05, 3.63) is 90.0 Å². The summed E-state index contributed by atoms with van der Waals surface area (Å²) in [4.78, 5) is 0. The van der Waals surface area contributed by atoms with Crippen LogP contribution in [0.1, 0.15) is 22.3 Å². The van der Waals surface area contributed by atoms with Gasteiger partial charge in [0.1, 0.15) is 0 Å². The molecule has 34 heavy (non-hydrogen) atoms. The van der Waals surface area contributed by atoms with E-state index in [1.165, 1.54) is 25.7 Å². The van der Waals surface area contributed by atoms with Crippen LogP contribution in [-0.4, -0.2) is 0 Å². The first-order chi connectivity index (χ1) is 15.4. The first kappa shape index (κ1) is 26.6. The van der Waals surface area contributed by atoms with Crippen LogP contribution in [-0.2, 0) is 24.7 Å². The van der Waals surface area contributed by atoms with Crippen LogP contribution in [0.2, 0.25) is 0 Å².